The lowest BCUT2D eigenvalue weighted by Crippen LogP contribution is -2.45. The van der Waals surface area contributed by atoms with E-state index in [1.807, 2.05) is 31.2 Å². The van der Waals surface area contributed by atoms with Gasteiger partial charge in [0.1, 0.15) is 6.61 Å². The fourth-order valence-corrected chi connectivity index (χ4v) is 4.70. The third-order valence-electron chi connectivity index (χ3n) is 6.32. The zero-order chi connectivity index (χ0) is 20.6. The number of cyclic esters (lactones) is 1. The van der Waals surface area contributed by atoms with Crippen LogP contribution in [0.2, 0.25) is 0 Å². The number of ether oxygens (including phenoxy) is 4. The van der Waals surface area contributed by atoms with Crippen LogP contribution in [0.4, 0.5) is 0 Å². The van der Waals surface area contributed by atoms with Crippen LogP contribution in [0.25, 0.3) is 22.3 Å². The SMILES string of the molecule is CCC1(OC)C(=O)OCc2c1cc1n(c2=O)Cc2cc3cc4c(cc3nc2-1)OCO4. The lowest BCUT2D eigenvalue weighted by molar-refractivity contribution is -0.176. The molecule has 0 saturated carbocycles. The average Bonchev–Trinajstić information content (AvgIpc) is 3.35. The van der Waals surface area contributed by atoms with E-state index in [9.17, 15) is 9.59 Å². The molecule has 0 fully saturated rings. The van der Waals surface area contributed by atoms with Crippen LogP contribution in [-0.4, -0.2) is 29.4 Å². The monoisotopic (exact) mass is 406 g/mol. The molecule has 0 spiro atoms. The van der Waals surface area contributed by atoms with E-state index in [-0.39, 0.29) is 19.0 Å². The van der Waals surface area contributed by atoms with Crippen LogP contribution in [0.1, 0.15) is 30.0 Å². The second-order valence-corrected chi connectivity index (χ2v) is 7.67. The summed E-state index contributed by atoms with van der Waals surface area (Å²) >= 11 is 0. The summed E-state index contributed by atoms with van der Waals surface area (Å²) in [6.45, 7) is 2.40. The minimum absolute atomic E-state index is 0.0501. The summed E-state index contributed by atoms with van der Waals surface area (Å²) < 4.78 is 23.5. The fraction of sp³-hybridized carbons (Fsp3) is 0.318. The Morgan fingerprint density at radius 1 is 1.13 bits per heavy atom. The Labute approximate surface area is 170 Å². The number of esters is 1. The summed E-state index contributed by atoms with van der Waals surface area (Å²) in [4.78, 5) is 30.7. The molecule has 8 heteroatoms. The van der Waals surface area contributed by atoms with Crippen molar-refractivity contribution in [2.75, 3.05) is 13.9 Å². The molecule has 0 radical (unpaired) electrons. The van der Waals surface area contributed by atoms with Gasteiger partial charge in [-0.1, -0.05) is 6.92 Å². The number of hydrogen-bond donors (Lipinski definition) is 0. The molecule has 5 heterocycles. The quantitative estimate of drug-likeness (QED) is 0.473. The number of benzene rings is 1. The number of nitrogens with zero attached hydrogens (tertiary/aromatic N) is 2. The molecular weight excluding hydrogens is 388 g/mol. The van der Waals surface area contributed by atoms with Crippen molar-refractivity contribution in [1.82, 2.24) is 9.55 Å². The summed E-state index contributed by atoms with van der Waals surface area (Å²) in [6.07, 6.45) is 0.361. The van der Waals surface area contributed by atoms with Crippen molar-refractivity contribution in [3.8, 4) is 22.9 Å². The molecule has 8 nitrogen and oxygen atoms in total. The van der Waals surface area contributed by atoms with E-state index in [0.717, 1.165) is 22.2 Å². The number of carbonyl (C=O) groups is 1. The molecule has 3 aliphatic rings. The van der Waals surface area contributed by atoms with Crippen LogP contribution >= 0.6 is 0 Å². The lowest BCUT2D eigenvalue weighted by atomic mass is 9.85. The number of fused-ring (bicyclic) bond motifs is 6. The first kappa shape index (κ1) is 17.5. The van der Waals surface area contributed by atoms with Crippen LogP contribution in [0.5, 0.6) is 11.5 Å². The van der Waals surface area contributed by atoms with Gasteiger partial charge < -0.3 is 23.5 Å². The van der Waals surface area contributed by atoms with Gasteiger partial charge in [0.2, 0.25) is 6.79 Å². The first-order valence-electron chi connectivity index (χ1n) is 9.79. The normalized spacial score (nSPS) is 20.7. The van der Waals surface area contributed by atoms with Gasteiger partial charge in [-0.3, -0.25) is 4.79 Å². The highest BCUT2D eigenvalue weighted by atomic mass is 16.7. The second-order valence-electron chi connectivity index (χ2n) is 7.67. The van der Waals surface area contributed by atoms with Crippen molar-refractivity contribution >= 4 is 16.9 Å². The molecule has 0 saturated heterocycles. The van der Waals surface area contributed by atoms with E-state index in [2.05, 4.69) is 0 Å². The standard InChI is InChI=1S/C22H18N2O6/c1-3-22(27-2)14-6-16-19-12(8-24(16)20(25)13(14)9-28-21(22)26)4-11-5-17-18(30-10-29-17)7-15(11)23-19/h4-7H,3,8-10H2,1-2H3. The Bertz CT molecular complexity index is 1320. The van der Waals surface area contributed by atoms with Crippen molar-refractivity contribution in [3.05, 3.63) is 51.3 Å². The summed E-state index contributed by atoms with van der Waals surface area (Å²) in [5.74, 6) is 0.875. The predicted molar refractivity (Wildman–Crippen MR) is 105 cm³/mol. The molecule has 3 aromatic rings. The van der Waals surface area contributed by atoms with Crippen molar-refractivity contribution in [1.29, 1.82) is 0 Å². The van der Waals surface area contributed by atoms with Gasteiger partial charge in [0.25, 0.3) is 5.56 Å². The molecule has 0 N–H and O–H groups in total. The Balaban J connectivity index is 1.60. The molecule has 1 atom stereocenters. The van der Waals surface area contributed by atoms with Crippen molar-refractivity contribution in [3.63, 3.8) is 0 Å². The molecule has 1 unspecified atom stereocenters. The molecular formula is C22H18N2O6. The van der Waals surface area contributed by atoms with Crippen molar-refractivity contribution < 1.29 is 23.7 Å². The Kier molecular flexibility index (Phi) is 3.39. The first-order chi connectivity index (χ1) is 14.6. The highest BCUT2D eigenvalue weighted by molar-refractivity contribution is 5.88. The summed E-state index contributed by atoms with van der Waals surface area (Å²) in [5.41, 5.74) is 2.66. The number of pyridine rings is 2. The van der Waals surface area contributed by atoms with Gasteiger partial charge in [0.05, 0.1) is 29.0 Å². The van der Waals surface area contributed by atoms with Crippen molar-refractivity contribution in [2.45, 2.75) is 32.1 Å². The Hall–Kier alpha value is -3.39. The highest BCUT2D eigenvalue weighted by Gasteiger charge is 2.47. The van der Waals surface area contributed by atoms with E-state index in [1.165, 1.54) is 7.11 Å². The highest BCUT2D eigenvalue weighted by Crippen LogP contribution is 2.42. The van der Waals surface area contributed by atoms with Crippen LogP contribution in [0.3, 0.4) is 0 Å². The summed E-state index contributed by atoms with van der Waals surface area (Å²) in [6, 6.07) is 7.64. The van der Waals surface area contributed by atoms with Crippen LogP contribution in [-0.2, 0) is 33.0 Å². The molecule has 0 amide bonds. The maximum absolute atomic E-state index is 13.3. The molecule has 2 aromatic heterocycles. The van der Waals surface area contributed by atoms with Gasteiger partial charge in [-0.25, -0.2) is 9.78 Å². The minimum atomic E-state index is -1.28. The smallest absolute Gasteiger partial charge is 0.343 e. The van der Waals surface area contributed by atoms with E-state index in [0.29, 0.717) is 41.3 Å². The van der Waals surface area contributed by atoms with Gasteiger partial charge >= 0.3 is 5.97 Å². The lowest BCUT2D eigenvalue weighted by Gasteiger charge is -2.34. The summed E-state index contributed by atoms with van der Waals surface area (Å²) in [7, 11) is 1.47. The zero-order valence-electron chi connectivity index (χ0n) is 16.5. The van der Waals surface area contributed by atoms with Gasteiger partial charge in [-0.2, -0.15) is 0 Å². The van der Waals surface area contributed by atoms with E-state index in [4.69, 9.17) is 23.9 Å². The van der Waals surface area contributed by atoms with Gasteiger partial charge in [-0.15, -0.1) is 0 Å². The Morgan fingerprint density at radius 3 is 2.70 bits per heavy atom. The maximum Gasteiger partial charge on any atom is 0.343 e. The molecule has 0 aliphatic carbocycles. The van der Waals surface area contributed by atoms with E-state index < -0.39 is 11.6 Å². The maximum atomic E-state index is 13.3. The fourth-order valence-electron chi connectivity index (χ4n) is 4.70. The zero-order valence-corrected chi connectivity index (χ0v) is 16.5. The second kappa shape index (κ2) is 5.82. The number of carbonyl (C=O) groups excluding carboxylic acids is 1. The van der Waals surface area contributed by atoms with Crippen LogP contribution < -0.4 is 15.0 Å². The molecule has 152 valence electrons. The molecule has 0 bridgehead atoms. The molecule has 3 aliphatic heterocycles. The third kappa shape index (κ3) is 2.06. The van der Waals surface area contributed by atoms with Crippen LogP contribution in [0.15, 0.2) is 29.1 Å². The summed E-state index contributed by atoms with van der Waals surface area (Å²) in [5, 5.41) is 0.918. The molecule has 30 heavy (non-hydrogen) atoms. The number of hydrogen-bond acceptors (Lipinski definition) is 7. The minimum Gasteiger partial charge on any atom is -0.458 e. The third-order valence-corrected chi connectivity index (χ3v) is 6.32. The molecule has 1 aromatic carbocycles. The van der Waals surface area contributed by atoms with E-state index >= 15 is 0 Å². The number of methoxy groups -OCH3 is 1. The first-order valence-corrected chi connectivity index (χ1v) is 9.79. The number of rotatable bonds is 2. The largest absolute Gasteiger partial charge is 0.458 e. The van der Waals surface area contributed by atoms with E-state index in [1.54, 1.807) is 4.57 Å². The van der Waals surface area contributed by atoms with Gasteiger partial charge in [0.15, 0.2) is 17.1 Å². The Morgan fingerprint density at radius 2 is 1.93 bits per heavy atom. The average molecular weight is 406 g/mol. The topological polar surface area (TPSA) is 88.9 Å². The van der Waals surface area contributed by atoms with Crippen LogP contribution in [0, 0.1) is 0 Å². The van der Waals surface area contributed by atoms with Crippen molar-refractivity contribution in [2.24, 2.45) is 0 Å². The van der Waals surface area contributed by atoms with Gasteiger partial charge in [-0.05, 0) is 24.6 Å². The van der Waals surface area contributed by atoms with Gasteiger partial charge in [0, 0.05) is 29.7 Å². The molecule has 6 rings (SSSR count). The predicted octanol–water partition coefficient (Wildman–Crippen LogP) is 2.46. The number of aromatic nitrogens is 2.